The summed E-state index contributed by atoms with van der Waals surface area (Å²) in [5.41, 5.74) is 0. The summed E-state index contributed by atoms with van der Waals surface area (Å²) in [6.45, 7) is 5.35. The van der Waals surface area contributed by atoms with E-state index < -0.39 is 0 Å². The van der Waals surface area contributed by atoms with Gasteiger partial charge in [0.15, 0.2) is 0 Å². The van der Waals surface area contributed by atoms with E-state index in [0.29, 0.717) is 12.0 Å². The summed E-state index contributed by atoms with van der Waals surface area (Å²) in [6, 6.07) is 6.80. The quantitative estimate of drug-likeness (QED) is 0.716. The Labute approximate surface area is 129 Å². The number of hydrogen-bond donors (Lipinski definition) is 1. The summed E-state index contributed by atoms with van der Waals surface area (Å²) in [4.78, 5) is 2.65. The smallest absolute Gasteiger partial charge is 0.107 e. The summed E-state index contributed by atoms with van der Waals surface area (Å²) >= 11 is 12.9. The molecule has 1 N–H and O–H groups in total. The zero-order valence-corrected chi connectivity index (χ0v) is 14.2. The number of rotatable bonds is 5. The molecule has 1 nitrogen and oxygen atoms in total. The summed E-state index contributed by atoms with van der Waals surface area (Å²) in [6.07, 6.45) is 0. The fraction of sp³-hybridized carbons (Fsp3) is 0.385. The van der Waals surface area contributed by atoms with E-state index in [1.807, 2.05) is 11.3 Å². The zero-order chi connectivity index (χ0) is 13.1. The van der Waals surface area contributed by atoms with Gasteiger partial charge in [-0.2, -0.15) is 0 Å². The molecule has 2 rings (SSSR count). The molecule has 0 spiro atoms. The predicted octanol–water partition coefficient (Wildman–Crippen LogP) is 5.71. The molecule has 1 atom stereocenters. The number of thiophene rings is 2. The molecule has 0 aliphatic heterocycles. The average Bonchev–Trinajstić information content (AvgIpc) is 2.90. The molecule has 2 heterocycles. The molecule has 1 unspecified atom stereocenters. The van der Waals surface area contributed by atoms with Gasteiger partial charge in [-0.15, -0.1) is 22.7 Å². The lowest BCUT2D eigenvalue weighted by Gasteiger charge is -2.20. The summed E-state index contributed by atoms with van der Waals surface area (Å²) < 4.78 is 1.81. The van der Waals surface area contributed by atoms with E-state index in [4.69, 9.17) is 11.6 Å². The van der Waals surface area contributed by atoms with Crippen LogP contribution in [-0.2, 0) is 6.54 Å². The van der Waals surface area contributed by atoms with Crippen LogP contribution in [0.3, 0.4) is 0 Å². The highest BCUT2D eigenvalue weighted by Crippen LogP contribution is 2.33. The maximum atomic E-state index is 6.05. The van der Waals surface area contributed by atoms with Gasteiger partial charge in [-0.05, 0) is 39.4 Å². The molecule has 0 aliphatic rings. The molecule has 0 saturated carbocycles. The Kier molecular flexibility index (Phi) is 5.27. The number of halogens is 2. The normalized spacial score (nSPS) is 13.2. The van der Waals surface area contributed by atoms with Crippen molar-refractivity contribution in [1.82, 2.24) is 5.32 Å². The van der Waals surface area contributed by atoms with Crippen molar-refractivity contribution in [3.05, 3.63) is 42.1 Å². The second-order valence-electron chi connectivity index (χ2n) is 4.45. The molecule has 5 heteroatoms. The first-order valence-electron chi connectivity index (χ1n) is 5.78. The highest BCUT2D eigenvalue weighted by molar-refractivity contribution is 9.10. The van der Waals surface area contributed by atoms with Crippen molar-refractivity contribution in [2.45, 2.75) is 26.4 Å². The molecule has 0 amide bonds. The van der Waals surface area contributed by atoms with Crippen molar-refractivity contribution in [3.8, 4) is 0 Å². The molecule has 2 aromatic heterocycles. The first-order valence-corrected chi connectivity index (χ1v) is 8.65. The number of hydrogen-bond acceptors (Lipinski definition) is 3. The molecule has 0 aromatic carbocycles. The second kappa shape index (κ2) is 6.53. The standard InChI is InChI=1S/C13H15BrClNS2/c1-8(2)12(11-4-3-5-17-11)16-7-9-6-10(14)13(15)18-9/h3-6,8,12,16H,7H2,1-2H3. The fourth-order valence-electron chi connectivity index (χ4n) is 1.82. The Morgan fingerprint density at radius 2 is 2.22 bits per heavy atom. The van der Waals surface area contributed by atoms with Gasteiger partial charge in [-0.1, -0.05) is 31.5 Å². The van der Waals surface area contributed by atoms with Gasteiger partial charge >= 0.3 is 0 Å². The highest BCUT2D eigenvalue weighted by atomic mass is 79.9. The molecular weight excluding hydrogens is 350 g/mol. The zero-order valence-electron chi connectivity index (χ0n) is 10.2. The van der Waals surface area contributed by atoms with Crippen molar-refractivity contribution in [1.29, 1.82) is 0 Å². The van der Waals surface area contributed by atoms with Crippen LogP contribution in [0, 0.1) is 5.92 Å². The van der Waals surface area contributed by atoms with E-state index in [9.17, 15) is 0 Å². The molecule has 2 aromatic rings. The Hall–Kier alpha value is 0.130. The largest absolute Gasteiger partial charge is 0.304 e. The van der Waals surface area contributed by atoms with E-state index in [0.717, 1.165) is 15.4 Å². The Bertz CT molecular complexity index is 474. The van der Waals surface area contributed by atoms with Crippen molar-refractivity contribution < 1.29 is 0 Å². The highest BCUT2D eigenvalue weighted by Gasteiger charge is 2.16. The van der Waals surface area contributed by atoms with Crippen molar-refractivity contribution >= 4 is 50.2 Å². The lowest BCUT2D eigenvalue weighted by Crippen LogP contribution is -2.24. The average molecular weight is 365 g/mol. The molecule has 18 heavy (non-hydrogen) atoms. The minimum absolute atomic E-state index is 0.407. The third-order valence-electron chi connectivity index (χ3n) is 2.71. The molecule has 98 valence electrons. The third-order valence-corrected chi connectivity index (χ3v) is 6.14. The lowest BCUT2D eigenvalue weighted by atomic mass is 10.0. The topological polar surface area (TPSA) is 12.0 Å². The van der Waals surface area contributed by atoms with Gasteiger partial charge in [0.05, 0.1) is 0 Å². The molecule has 0 aliphatic carbocycles. The van der Waals surface area contributed by atoms with Crippen LogP contribution in [0.1, 0.15) is 29.6 Å². The Morgan fingerprint density at radius 1 is 1.44 bits per heavy atom. The van der Waals surface area contributed by atoms with E-state index in [1.165, 1.54) is 9.75 Å². The van der Waals surface area contributed by atoms with Crippen molar-refractivity contribution in [3.63, 3.8) is 0 Å². The van der Waals surface area contributed by atoms with Crippen LogP contribution in [0.5, 0.6) is 0 Å². The third kappa shape index (κ3) is 3.58. The second-order valence-corrected chi connectivity index (χ2v) is 8.02. The van der Waals surface area contributed by atoms with Gasteiger partial charge in [0.1, 0.15) is 4.34 Å². The summed E-state index contributed by atoms with van der Waals surface area (Å²) in [7, 11) is 0. The van der Waals surface area contributed by atoms with E-state index in [1.54, 1.807) is 11.3 Å². The van der Waals surface area contributed by atoms with Crippen LogP contribution in [0.15, 0.2) is 28.1 Å². The summed E-state index contributed by atoms with van der Waals surface area (Å²) in [5, 5.41) is 5.75. The maximum Gasteiger partial charge on any atom is 0.107 e. The van der Waals surface area contributed by atoms with Crippen molar-refractivity contribution in [2.24, 2.45) is 5.92 Å². The van der Waals surface area contributed by atoms with Crippen LogP contribution in [0.4, 0.5) is 0 Å². The van der Waals surface area contributed by atoms with E-state index in [-0.39, 0.29) is 0 Å². The van der Waals surface area contributed by atoms with E-state index >= 15 is 0 Å². The molecule has 0 fully saturated rings. The van der Waals surface area contributed by atoms with Crippen LogP contribution >= 0.6 is 50.2 Å². The van der Waals surface area contributed by atoms with E-state index in [2.05, 4.69) is 58.7 Å². The monoisotopic (exact) mass is 363 g/mol. The number of nitrogens with one attached hydrogen (secondary N) is 1. The fourth-order valence-corrected chi connectivity index (χ4v) is 4.54. The van der Waals surface area contributed by atoms with Crippen LogP contribution in [-0.4, -0.2) is 0 Å². The minimum atomic E-state index is 0.407. The lowest BCUT2D eigenvalue weighted by molar-refractivity contribution is 0.418. The van der Waals surface area contributed by atoms with Crippen LogP contribution in [0.25, 0.3) is 0 Å². The van der Waals surface area contributed by atoms with Gasteiger partial charge in [-0.25, -0.2) is 0 Å². The predicted molar refractivity (Wildman–Crippen MR) is 85.8 cm³/mol. The summed E-state index contributed by atoms with van der Waals surface area (Å²) in [5.74, 6) is 0.572. The molecule has 0 bridgehead atoms. The van der Waals surface area contributed by atoms with Gasteiger partial charge < -0.3 is 5.32 Å². The molecular formula is C13H15BrClNS2. The van der Waals surface area contributed by atoms with Crippen LogP contribution in [0.2, 0.25) is 4.34 Å². The van der Waals surface area contributed by atoms with Crippen LogP contribution < -0.4 is 5.32 Å². The maximum absolute atomic E-state index is 6.05. The SMILES string of the molecule is CC(C)C(NCc1cc(Br)c(Cl)s1)c1cccs1. The van der Waals surface area contributed by atoms with Gasteiger partial charge in [-0.3, -0.25) is 0 Å². The van der Waals surface area contributed by atoms with Gasteiger partial charge in [0, 0.05) is 26.8 Å². The minimum Gasteiger partial charge on any atom is -0.304 e. The molecule has 0 saturated heterocycles. The first kappa shape index (κ1) is 14.5. The Balaban J connectivity index is 2.02. The first-order chi connectivity index (χ1) is 8.58. The van der Waals surface area contributed by atoms with Crippen molar-refractivity contribution in [2.75, 3.05) is 0 Å². The molecule has 0 radical (unpaired) electrons. The van der Waals surface area contributed by atoms with Gasteiger partial charge in [0.25, 0.3) is 0 Å². The Morgan fingerprint density at radius 3 is 2.72 bits per heavy atom. The van der Waals surface area contributed by atoms with Gasteiger partial charge in [0.2, 0.25) is 0 Å².